The molecule has 0 saturated carbocycles. The van der Waals surface area contributed by atoms with Gasteiger partial charge in [0, 0.05) is 37.4 Å². The van der Waals surface area contributed by atoms with Gasteiger partial charge in [0.2, 0.25) is 0 Å². The van der Waals surface area contributed by atoms with Crippen LogP contribution >= 0.6 is 0 Å². The molecular weight excluding hydrogens is 316 g/mol. The number of rotatable bonds is 6. The number of para-hydroxylation sites is 1. The lowest BCUT2D eigenvalue weighted by atomic mass is 9.97. The monoisotopic (exact) mass is 338 g/mol. The van der Waals surface area contributed by atoms with Gasteiger partial charge in [0.25, 0.3) is 0 Å². The number of aromatic amines is 1. The minimum atomic E-state index is 0.119. The Morgan fingerprint density at radius 3 is 3.12 bits per heavy atom. The fourth-order valence-electron chi connectivity index (χ4n) is 3.33. The third kappa shape index (κ3) is 3.47. The van der Waals surface area contributed by atoms with Gasteiger partial charge < -0.3 is 10.1 Å². The highest BCUT2D eigenvalue weighted by molar-refractivity contribution is 5.38. The van der Waals surface area contributed by atoms with Gasteiger partial charge >= 0.3 is 0 Å². The molecule has 1 aliphatic rings. The van der Waals surface area contributed by atoms with E-state index in [1.165, 1.54) is 5.56 Å². The zero-order valence-corrected chi connectivity index (χ0v) is 14.2. The molecule has 25 heavy (non-hydrogen) atoms. The maximum Gasteiger partial charge on any atom is 0.0969 e. The second kappa shape index (κ2) is 7.16. The van der Waals surface area contributed by atoms with Crippen LogP contribution in [0.3, 0.4) is 0 Å². The quantitative estimate of drug-likeness (QED) is 0.720. The van der Waals surface area contributed by atoms with E-state index in [0.717, 1.165) is 36.5 Å². The second-order valence-corrected chi connectivity index (χ2v) is 6.44. The van der Waals surface area contributed by atoms with Crippen molar-refractivity contribution in [2.24, 2.45) is 5.92 Å². The van der Waals surface area contributed by atoms with Crippen LogP contribution in [-0.2, 0) is 11.3 Å². The first kappa shape index (κ1) is 16.0. The van der Waals surface area contributed by atoms with E-state index in [2.05, 4.69) is 38.8 Å². The molecule has 130 valence electrons. The minimum absolute atomic E-state index is 0.119. The molecule has 1 saturated heterocycles. The average Bonchev–Trinajstić information content (AvgIpc) is 3.37. The lowest BCUT2D eigenvalue weighted by Crippen LogP contribution is -2.24. The largest absolute Gasteiger partial charge is 0.373 e. The Bertz CT molecular complexity index is 813. The summed E-state index contributed by atoms with van der Waals surface area (Å²) >= 11 is 0. The van der Waals surface area contributed by atoms with Gasteiger partial charge in [-0.3, -0.25) is 5.10 Å². The maximum absolute atomic E-state index is 5.86. The molecule has 0 unspecified atom stereocenters. The van der Waals surface area contributed by atoms with E-state index in [1.54, 1.807) is 0 Å². The molecule has 1 aromatic carbocycles. The van der Waals surface area contributed by atoms with Crippen molar-refractivity contribution < 1.29 is 4.74 Å². The minimum Gasteiger partial charge on any atom is -0.373 e. The van der Waals surface area contributed by atoms with E-state index in [-0.39, 0.29) is 6.10 Å². The van der Waals surface area contributed by atoms with E-state index >= 15 is 0 Å². The second-order valence-electron chi connectivity index (χ2n) is 6.44. The number of aromatic nitrogens is 5. The van der Waals surface area contributed by atoms with Crippen LogP contribution in [0.25, 0.3) is 5.69 Å². The molecule has 0 spiro atoms. The molecule has 0 bridgehead atoms. The first-order valence-electron chi connectivity index (χ1n) is 8.59. The molecule has 0 amide bonds. The predicted octanol–water partition coefficient (Wildman–Crippen LogP) is 2.17. The number of nitrogens with zero attached hydrogens (tertiary/aromatic N) is 4. The molecule has 2 N–H and O–H groups in total. The van der Waals surface area contributed by atoms with Crippen molar-refractivity contribution in [2.75, 3.05) is 13.2 Å². The van der Waals surface area contributed by atoms with E-state index in [1.807, 2.05) is 41.5 Å². The molecule has 0 radical (unpaired) electrons. The average molecular weight is 338 g/mol. The molecule has 4 rings (SSSR count). The summed E-state index contributed by atoms with van der Waals surface area (Å²) in [5.74, 6) is 0.448. The number of aryl methyl sites for hydroxylation is 1. The van der Waals surface area contributed by atoms with Gasteiger partial charge in [-0.2, -0.15) is 5.10 Å². The summed E-state index contributed by atoms with van der Waals surface area (Å²) in [4.78, 5) is 0. The fraction of sp³-hybridized carbons (Fsp3) is 0.389. The number of H-pyrrole nitrogens is 1. The van der Waals surface area contributed by atoms with Crippen LogP contribution in [0.15, 0.2) is 42.9 Å². The fourth-order valence-corrected chi connectivity index (χ4v) is 3.33. The Hall–Kier alpha value is -2.51. The molecule has 1 fully saturated rings. The summed E-state index contributed by atoms with van der Waals surface area (Å²) in [6.07, 6.45) is 6.91. The molecule has 0 aliphatic carbocycles. The summed E-state index contributed by atoms with van der Waals surface area (Å²) < 4.78 is 7.69. The first-order chi connectivity index (χ1) is 12.3. The van der Waals surface area contributed by atoms with Gasteiger partial charge in [-0.1, -0.05) is 23.4 Å². The Kier molecular flexibility index (Phi) is 4.58. The van der Waals surface area contributed by atoms with Crippen molar-refractivity contribution in [1.82, 2.24) is 30.5 Å². The molecule has 3 heterocycles. The highest BCUT2D eigenvalue weighted by Gasteiger charge is 2.29. The SMILES string of the molecule is Cc1ccccc1-n1cc(CNC[C@H]2CCO[C@@H]2c2cn[nH]c2)nn1. The van der Waals surface area contributed by atoms with Gasteiger partial charge in [0.15, 0.2) is 0 Å². The molecule has 7 heteroatoms. The van der Waals surface area contributed by atoms with Crippen LogP contribution in [0, 0.1) is 12.8 Å². The van der Waals surface area contributed by atoms with Crippen LogP contribution in [0.1, 0.15) is 29.3 Å². The first-order valence-corrected chi connectivity index (χ1v) is 8.59. The topological polar surface area (TPSA) is 80.6 Å². The smallest absolute Gasteiger partial charge is 0.0969 e. The Morgan fingerprint density at radius 1 is 1.36 bits per heavy atom. The maximum atomic E-state index is 5.86. The Labute approximate surface area is 146 Å². The summed E-state index contributed by atoms with van der Waals surface area (Å²) in [6, 6.07) is 8.16. The Morgan fingerprint density at radius 2 is 2.28 bits per heavy atom. The highest BCUT2D eigenvalue weighted by Crippen LogP contribution is 2.33. The summed E-state index contributed by atoms with van der Waals surface area (Å²) in [5, 5.41) is 18.9. The number of benzene rings is 1. The van der Waals surface area contributed by atoms with E-state index in [0.29, 0.717) is 12.5 Å². The Balaban J connectivity index is 1.34. The van der Waals surface area contributed by atoms with Crippen LogP contribution in [0.2, 0.25) is 0 Å². The van der Waals surface area contributed by atoms with Crippen molar-refractivity contribution in [3.05, 3.63) is 59.7 Å². The molecule has 2 atom stereocenters. The van der Waals surface area contributed by atoms with Crippen molar-refractivity contribution in [1.29, 1.82) is 0 Å². The number of nitrogens with one attached hydrogen (secondary N) is 2. The summed E-state index contributed by atoms with van der Waals surface area (Å²) in [5.41, 5.74) is 4.29. The van der Waals surface area contributed by atoms with Crippen LogP contribution in [0.4, 0.5) is 0 Å². The van der Waals surface area contributed by atoms with Crippen molar-refractivity contribution in [3.63, 3.8) is 0 Å². The predicted molar refractivity (Wildman–Crippen MR) is 93.2 cm³/mol. The van der Waals surface area contributed by atoms with E-state index in [9.17, 15) is 0 Å². The van der Waals surface area contributed by atoms with Gasteiger partial charge in [0.1, 0.15) is 0 Å². The summed E-state index contributed by atoms with van der Waals surface area (Å²) in [7, 11) is 0. The van der Waals surface area contributed by atoms with Crippen LogP contribution < -0.4 is 5.32 Å². The van der Waals surface area contributed by atoms with Crippen molar-refractivity contribution in [2.45, 2.75) is 26.0 Å². The van der Waals surface area contributed by atoms with Crippen molar-refractivity contribution >= 4 is 0 Å². The molecule has 1 aliphatic heterocycles. The highest BCUT2D eigenvalue weighted by atomic mass is 16.5. The van der Waals surface area contributed by atoms with Crippen LogP contribution in [-0.4, -0.2) is 38.3 Å². The van der Waals surface area contributed by atoms with Gasteiger partial charge in [-0.05, 0) is 25.0 Å². The molecule has 3 aromatic rings. The van der Waals surface area contributed by atoms with Gasteiger partial charge in [-0.15, -0.1) is 5.10 Å². The van der Waals surface area contributed by atoms with E-state index < -0.39 is 0 Å². The van der Waals surface area contributed by atoms with Crippen molar-refractivity contribution in [3.8, 4) is 5.69 Å². The van der Waals surface area contributed by atoms with Gasteiger partial charge in [0.05, 0.1) is 29.9 Å². The zero-order valence-electron chi connectivity index (χ0n) is 14.2. The lowest BCUT2D eigenvalue weighted by molar-refractivity contribution is 0.0904. The zero-order chi connectivity index (χ0) is 17.1. The third-order valence-electron chi connectivity index (χ3n) is 4.68. The normalized spacial score (nSPS) is 20.2. The van der Waals surface area contributed by atoms with Gasteiger partial charge in [-0.25, -0.2) is 4.68 Å². The van der Waals surface area contributed by atoms with E-state index in [4.69, 9.17) is 4.74 Å². The lowest BCUT2D eigenvalue weighted by Gasteiger charge is -2.17. The molecule has 2 aromatic heterocycles. The van der Waals surface area contributed by atoms with Crippen LogP contribution in [0.5, 0.6) is 0 Å². The third-order valence-corrected chi connectivity index (χ3v) is 4.68. The number of hydrogen-bond donors (Lipinski definition) is 2. The standard InChI is InChI=1S/C18H22N6O/c1-13-4-2-3-5-17(13)24-12-16(22-23-24)11-19-8-14-6-7-25-18(14)15-9-20-21-10-15/h2-5,9-10,12,14,18-19H,6-8,11H2,1H3,(H,20,21)/t14-,18+/m1/s1. The number of ether oxygens (including phenoxy) is 1. The molecule has 7 nitrogen and oxygen atoms in total. The molecular formula is C18H22N6O. The summed E-state index contributed by atoms with van der Waals surface area (Å²) in [6.45, 7) is 4.45. The number of hydrogen-bond acceptors (Lipinski definition) is 5.